The van der Waals surface area contributed by atoms with E-state index in [1.54, 1.807) is 0 Å². The highest BCUT2D eigenvalue weighted by Gasteiger charge is 2.34. The summed E-state index contributed by atoms with van der Waals surface area (Å²) in [6, 6.07) is 0. The zero-order valence-corrected chi connectivity index (χ0v) is 12.2. The number of likely N-dealkylation sites (tertiary alicyclic amines) is 1. The molecule has 1 saturated heterocycles. The Balaban J connectivity index is 2.39. The van der Waals surface area contributed by atoms with E-state index in [9.17, 15) is 0 Å². The Kier molecular flexibility index (Phi) is 6.50. The smallest absolute Gasteiger partial charge is 0.0178 e. The van der Waals surface area contributed by atoms with Gasteiger partial charge in [0.2, 0.25) is 0 Å². The first-order chi connectivity index (χ1) is 8.16. The second-order valence-corrected chi connectivity index (χ2v) is 6.00. The van der Waals surface area contributed by atoms with Gasteiger partial charge >= 0.3 is 0 Å². The molecule has 1 heterocycles. The van der Waals surface area contributed by atoms with Crippen molar-refractivity contribution in [3.05, 3.63) is 0 Å². The van der Waals surface area contributed by atoms with E-state index in [0.29, 0.717) is 5.54 Å². The molecule has 1 aliphatic heterocycles. The molecule has 0 saturated carbocycles. The molecule has 2 heteroatoms. The van der Waals surface area contributed by atoms with E-state index in [1.165, 1.54) is 58.0 Å². The molecule has 2 N–H and O–H groups in total. The topological polar surface area (TPSA) is 29.3 Å². The predicted octanol–water partition coefficient (Wildman–Crippen LogP) is 3.41. The van der Waals surface area contributed by atoms with Crippen molar-refractivity contribution in [2.75, 3.05) is 19.6 Å². The molecular weight excluding hydrogens is 208 g/mol. The van der Waals surface area contributed by atoms with Crippen LogP contribution in [0.15, 0.2) is 0 Å². The van der Waals surface area contributed by atoms with Crippen LogP contribution in [0.3, 0.4) is 0 Å². The van der Waals surface area contributed by atoms with Crippen LogP contribution in [0.5, 0.6) is 0 Å². The molecule has 0 radical (unpaired) electrons. The van der Waals surface area contributed by atoms with Crippen LogP contribution in [-0.4, -0.2) is 30.1 Å². The summed E-state index contributed by atoms with van der Waals surface area (Å²) in [5, 5.41) is 0. The number of hydrogen-bond acceptors (Lipinski definition) is 2. The Labute approximate surface area is 108 Å². The minimum atomic E-state index is 0.428. The van der Waals surface area contributed by atoms with Gasteiger partial charge in [0.15, 0.2) is 0 Å². The van der Waals surface area contributed by atoms with Gasteiger partial charge in [0.05, 0.1) is 0 Å². The Bertz CT molecular complexity index is 205. The van der Waals surface area contributed by atoms with Crippen molar-refractivity contribution in [1.82, 2.24) is 4.90 Å². The first-order valence-corrected chi connectivity index (χ1v) is 7.61. The average molecular weight is 240 g/mol. The fourth-order valence-corrected chi connectivity index (χ4v) is 3.01. The molecule has 0 aromatic rings. The number of rotatable bonds is 8. The van der Waals surface area contributed by atoms with Crippen molar-refractivity contribution in [1.29, 1.82) is 0 Å². The van der Waals surface area contributed by atoms with Gasteiger partial charge in [-0.05, 0) is 45.2 Å². The molecule has 1 aliphatic rings. The van der Waals surface area contributed by atoms with E-state index in [2.05, 4.69) is 25.7 Å². The number of nitrogens with zero attached hydrogens (tertiary/aromatic N) is 1. The standard InChI is InChI=1S/C15H32N2/c1-4-6-7-8-10-15(3,5-2)17-11-9-14(12-16)13-17/h14H,4-13,16H2,1-3H3. The second-order valence-electron chi connectivity index (χ2n) is 6.00. The normalized spacial score (nSPS) is 25.1. The summed E-state index contributed by atoms with van der Waals surface area (Å²) in [5.74, 6) is 0.747. The number of unbranched alkanes of at least 4 members (excludes halogenated alkanes) is 3. The molecule has 17 heavy (non-hydrogen) atoms. The maximum atomic E-state index is 5.79. The van der Waals surface area contributed by atoms with E-state index in [4.69, 9.17) is 5.73 Å². The molecule has 0 amide bonds. The van der Waals surface area contributed by atoms with Gasteiger partial charge in [-0.3, -0.25) is 4.90 Å². The summed E-state index contributed by atoms with van der Waals surface area (Å²) < 4.78 is 0. The molecular formula is C15H32N2. The van der Waals surface area contributed by atoms with Crippen molar-refractivity contribution in [3.63, 3.8) is 0 Å². The van der Waals surface area contributed by atoms with Gasteiger partial charge in [-0.25, -0.2) is 0 Å². The molecule has 0 bridgehead atoms. The molecule has 2 atom stereocenters. The van der Waals surface area contributed by atoms with Crippen LogP contribution in [0, 0.1) is 5.92 Å². The van der Waals surface area contributed by atoms with Crippen LogP contribution in [0.25, 0.3) is 0 Å². The molecule has 0 aliphatic carbocycles. The lowest BCUT2D eigenvalue weighted by atomic mass is 9.89. The third kappa shape index (κ3) is 4.26. The molecule has 1 rings (SSSR count). The lowest BCUT2D eigenvalue weighted by molar-refractivity contribution is 0.112. The maximum Gasteiger partial charge on any atom is 0.0178 e. The Hall–Kier alpha value is -0.0800. The number of hydrogen-bond donors (Lipinski definition) is 1. The Morgan fingerprint density at radius 3 is 2.53 bits per heavy atom. The summed E-state index contributed by atoms with van der Waals surface area (Å²) in [5.41, 5.74) is 6.22. The molecule has 2 nitrogen and oxygen atoms in total. The summed E-state index contributed by atoms with van der Waals surface area (Å²) in [6.07, 6.45) is 9.47. The fourth-order valence-electron chi connectivity index (χ4n) is 3.01. The van der Waals surface area contributed by atoms with Crippen LogP contribution in [0.4, 0.5) is 0 Å². The van der Waals surface area contributed by atoms with E-state index in [-0.39, 0.29) is 0 Å². The zero-order chi connectivity index (χ0) is 12.7. The largest absolute Gasteiger partial charge is 0.330 e. The van der Waals surface area contributed by atoms with Gasteiger partial charge in [-0.15, -0.1) is 0 Å². The fraction of sp³-hybridized carbons (Fsp3) is 1.00. The molecule has 0 spiro atoms. The summed E-state index contributed by atoms with van der Waals surface area (Å²) in [4.78, 5) is 2.70. The van der Waals surface area contributed by atoms with E-state index in [1.807, 2.05) is 0 Å². The molecule has 102 valence electrons. The highest BCUT2D eigenvalue weighted by atomic mass is 15.2. The van der Waals surface area contributed by atoms with E-state index >= 15 is 0 Å². The van der Waals surface area contributed by atoms with Crippen molar-refractivity contribution >= 4 is 0 Å². The van der Waals surface area contributed by atoms with Crippen molar-refractivity contribution in [2.24, 2.45) is 11.7 Å². The highest BCUT2D eigenvalue weighted by molar-refractivity contribution is 4.90. The van der Waals surface area contributed by atoms with Crippen LogP contribution in [-0.2, 0) is 0 Å². The maximum absolute atomic E-state index is 5.79. The van der Waals surface area contributed by atoms with Crippen molar-refractivity contribution < 1.29 is 0 Å². The SMILES string of the molecule is CCCCCCC(C)(CC)N1CCC(CN)C1. The van der Waals surface area contributed by atoms with Gasteiger partial charge in [0.25, 0.3) is 0 Å². The van der Waals surface area contributed by atoms with E-state index in [0.717, 1.165) is 12.5 Å². The Morgan fingerprint density at radius 1 is 1.24 bits per heavy atom. The number of nitrogens with two attached hydrogens (primary N) is 1. The van der Waals surface area contributed by atoms with Crippen LogP contribution in [0.2, 0.25) is 0 Å². The molecule has 0 aromatic heterocycles. The van der Waals surface area contributed by atoms with Crippen LogP contribution in [0.1, 0.15) is 65.7 Å². The van der Waals surface area contributed by atoms with Crippen molar-refractivity contribution in [2.45, 2.75) is 71.3 Å². The Morgan fingerprint density at radius 2 is 2.00 bits per heavy atom. The highest BCUT2D eigenvalue weighted by Crippen LogP contribution is 2.31. The van der Waals surface area contributed by atoms with Gasteiger partial charge in [0, 0.05) is 12.1 Å². The molecule has 2 unspecified atom stereocenters. The van der Waals surface area contributed by atoms with Crippen LogP contribution < -0.4 is 5.73 Å². The molecule has 1 fully saturated rings. The monoisotopic (exact) mass is 240 g/mol. The third-order valence-corrected chi connectivity index (χ3v) is 4.71. The average Bonchev–Trinajstić information content (AvgIpc) is 2.83. The van der Waals surface area contributed by atoms with E-state index < -0.39 is 0 Å². The van der Waals surface area contributed by atoms with Gasteiger partial charge in [-0.2, -0.15) is 0 Å². The van der Waals surface area contributed by atoms with Crippen molar-refractivity contribution in [3.8, 4) is 0 Å². The minimum absolute atomic E-state index is 0.428. The zero-order valence-electron chi connectivity index (χ0n) is 12.2. The lowest BCUT2D eigenvalue weighted by Crippen LogP contribution is -2.44. The third-order valence-electron chi connectivity index (χ3n) is 4.71. The summed E-state index contributed by atoms with van der Waals surface area (Å²) >= 11 is 0. The first kappa shape index (κ1) is 15.0. The first-order valence-electron chi connectivity index (χ1n) is 7.61. The minimum Gasteiger partial charge on any atom is -0.330 e. The van der Waals surface area contributed by atoms with Crippen LogP contribution >= 0.6 is 0 Å². The molecule has 0 aromatic carbocycles. The van der Waals surface area contributed by atoms with Gasteiger partial charge < -0.3 is 5.73 Å². The summed E-state index contributed by atoms with van der Waals surface area (Å²) in [7, 11) is 0. The van der Waals surface area contributed by atoms with Gasteiger partial charge in [-0.1, -0.05) is 39.5 Å². The lowest BCUT2D eigenvalue weighted by Gasteiger charge is -2.39. The van der Waals surface area contributed by atoms with Gasteiger partial charge in [0.1, 0.15) is 0 Å². The summed E-state index contributed by atoms with van der Waals surface area (Å²) in [6.45, 7) is 10.4. The second kappa shape index (κ2) is 7.38. The predicted molar refractivity (Wildman–Crippen MR) is 76.2 cm³/mol. The quantitative estimate of drug-likeness (QED) is 0.659.